The molecule has 2 heterocycles. The maximum absolute atomic E-state index is 12.8. The van der Waals surface area contributed by atoms with Gasteiger partial charge in [-0.15, -0.1) is 6.58 Å². The molecule has 4 atom stereocenters. The molecule has 7 nitrogen and oxygen atoms in total. The van der Waals surface area contributed by atoms with Crippen molar-refractivity contribution in [1.29, 1.82) is 0 Å². The van der Waals surface area contributed by atoms with Gasteiger partial charge >= 0.3 is 5.97 Å². The number of amides is 1. The van der Waals surface area contributed by atoms with E-state index in [0.29, 0.717) is 30.2 Å². The summed E-state index contributed by atoms with van der Waals surface area (Å²) in [6.07, 6.45) is 4.17. The Bertz CT molecular complexity index is 998. The van der Waals surface area contributed by atoms with Crippen LogP contribution in [-0.4, -0.2) is 47.7 Å². The molecule has 1 aliphatic heterocycles. The second kappa shape index (κ2) is 8.24. The molecule has 2 N–H and O–H groups in total. The number of aromatic nitrogens is 1. The summed E-state index contributed by atoms with van der Waals surface area (Å²) in [6.45, 7) is 6.28. The monoisotopic (exact) mass is 429 g/mol. The molecular formula is C22H24ClN3O4. The Kier molecular flexibility index (Phi) is 5.66. The minimum absolute atomic E-state index is 0.107. The van der Waals surface area contributed by atoms with Crippen LogP contribution in [0, 0.1) is 5.92 Å². The zero-order chi connectivity index (χ0) is 21.3. The fourth-order valence-electron chi connectivity index (χ4n) is 3.94. The third kappa shape index (κ3) is 3.87. The molecule has 1 saturated carbocycles. The molecule has 1 amide bonds. The number of hydrogen-bond acceptors (Lipinski definition) is 6. The molecular weight excluding hydrogens is 406 g/mol. The van der Waals surface area contributed by atoms with E-state index in [9.17, 15) is 9.59 Å². The third-order valence-electron chi connectivity index (χ3n) is 5.65. The molecule has 8 heteroatoms. The summed E-state index contributed by atoms with van der Waals surface area (Å²) in [4.78, 5) is 29.5. The van der Waals surface area contributed by atoms with E-state index in [1.807, 2.05) is 6.07 Å². The number of benzene rings is 1. The van der Waals surface area contributed by atoms with Crippen molar-refractivity contribution < 1.29 is 19.1 Å². The maximum atomic E-state index is 12.8. The highest BCUT2D eigenvalue weighted by molar-refractivity contribution is 6.31. The van der Waals surface area contributed by atoms with E-state index < -0.39 is 17.6 Å². The molecule has 1 aromatic heterocycles. The third-order valence-corrected chi connectivity index (χ3v) is 5.89. The smallest absolute Gasteiger partial charge is 0.332 e. The van der Waals surface area contributed by atoms with E-state index in [-0.39, 0.29) is 24.5 Å². The van der Waals surface area contributed by atoms with E-state index >= 15 is 0 Å². The molecule has 2 fully saturated rings. The zero-order valence-corrected chi connectivity index (χ0v) is 17.4. The molecule has 2 aromatic rings. The van der Waals surface area contributed by atoms with Gasteiger partial charge in [-0.25, -0.2) is 4.79 Å². The van der Waals surface area contributed by atoms with Gasteiger partial charge in [0.2, 0.25) is 5.91 Å². The number of hydrogen-bond donors (Lipinski definition) is 2. The number of halogens is 1. The summed E-state index contributed by atoms with van der Waals surface area (Å²) in [7, 11) is 0. The van der Waals surface area contributed by atoms with Gasteiger partial charge in [-0.1, -0.05) is 17.7 Å². The summed E-state index contributed by atoms with van der Waals surface area (Å²) in [6, 6.07) is 6.81. The highest BCUT2D eigenvalue weighted by Crippen LogP contribution is 2.45. The lowest BCUT2D eigenvalue weighted by Gasteiger charge is -2.20. The Morgan fingerprint density at radius 2 is 2.27 bits per heavy atom. The van der Waals surface area contributed by atoms with Crippen LogP contribution in [0.15, 0.2) is 43.1 Å². The Morgan fingerprint density at radius 3 is 3.00 bits per heavy atom. The number of esters is 1. The van der Waals surface area contributed by atoms with Crippen LogP contribution in [-0.2, 0) is 14.3 Å². The van der Waals surface area contributed by atoms with Crippen LogP contribution in [0.1, 0.15) is 19.8 Å². The van der Waals surface area contributed by atoms with Gasteiger partial charge in [0, 0.05) is 35.5 Å². The average molecular weight is 430 g/mol. The van der Waals surface area contributed by atoms with Crippen molar-refractivity contribution in [2.75, 3.05) is 13.2 Å². The Morgan fingerprint density at radius 1 is 1.43 bits per heavy atom. The zero-order valence-electron chi connectivity index (χ0n) is 16.7. The van der Waals surface area contributed by atoms with Crippen molar-refractivity contribution in [3.8, 4) is 5.75 Å². The van der Waals surface area contributed by atoms with Crippen molar-refractivity contribution in [2.45, 2.75) is 37.5 Å². The lowest BCUT2D eigenvalue weighted by atomic mass is 10.1. The minimum atomic E-state index is -0.990. The quantitative estimate of drug-likeness (QED) is 0.519. The van der Waals surface area contributed by atoms with Crippen LogP contribution < -0.4 is 15.4 Å². The number of carbonyl (C=O) groups is 2. The summed E-state index contributed by atoms with van der Waals surface area (Å²) in [5.41, 5.74) is -0.239. The molecule has 1 aromatic carbocycles. The van der Waals surface area contributed by atoms with Gasteiger partial charge in [-0.2, -0.15) is 0 Å². The Hall–Kier alpha value is -2.64. The molecule has 30 heavy (non-hydrogen) atoms. The van der Waals surface area contributed by atoms with E-state index in [2.05, 4.69) is 22.2 Å². The van der Waals surface area contributed by atoms with E-state index in [1.165, 1.54) is 0 Å². The van der Waals surface area contributed by atoms with Crippen molar-refractivity contribution in [3.63, 3.8) is 0 Å². The maximum Gasteiger partial charge on any atom is 0.332 e. The van der Waals surface area contributed by atoms with Crippen LogP contribution in [0.25, 0.3) is 10.9 Å². The van der Waals surface area contributed by atoms with Gasteiger partial charge in [0.1, 0.15) is 17.4 Å². The first-order chi connectivity index (χ1) is 14.5. The largest absolute Gasteiger partial charge is 0.488 e. The van der Waals surface area contributed by atoms with Gasteiger partial charge in [0.05, 0.1) is 18.2 Å². The molecule has 0 bridgehead atoms. The van der Waals surface area contributed by atoms with Crippen molar-refractivity contribution in [2.24, 2.45) is 5.92 Å². The topological polar surface area (TPSA) is 89.5 Å². The highest BCUT2D eigenvalue weighted by atomic mass is 35.5. The summed E-state index contributed by atoms with van der Waals surface area (Å²) < 4.78 is 11.3. The predicted molar refractivity (Wildman–Crippen MR) is 113 cm³/mol. The number of fused-ring (bicyclic) bond motifs is 1. The second-order valence-electron chi connectivity index (χ2n) is 7.63. The first-order valence-corrected chi connectivity index (χ1v) is 10.4. The first kappa shape index (κ1) is 20.6. The standard InChI is InChI=1S/C22H24ClN3O4/c1-3-13-11-22(13,21(28)29-4-2)26-20(27)18-10-15(12-25-18)30-19-7-8-24-17-9-14(23)5-6-16(17)19/h3,5-9,13,15,18,25H,1,4,10-12H2,2H3,(H,26,27). The van der Waals surface area contributed by atoms with Gasteiger partial charge < -0.3 is 20.1 Å². The molecule has 4 unspecified atom stereocenters. The van der Waals surface area contributed by atoms with Gasteiger partial charge in [-0.3, -0.25) is 9.78 Å². The first-order valence-electron chi connectivity index (χ1n) is 10.0. The van der Waals surface area contributed by atoms with Crippen LogP contribution in [0.2, 0.25) is 5.02 Å². The lowest BCUT2D eigenvalue weighted by molar-refractivity contribution is -0.149. The van der Waals surface area contributed by atoms with E-state index in [4.69, 9.17) is 21.1 Å². The SMILES string of the molecule is C=CC1CC1(NC(=O)C1CC(Oc2ccnc3cc(Cl)ccc23)CN1)C(=O)OCC. The number of rotatable bonds is 7. The number of nitrogens with one attached hydrogen (secondary N) is 2. The van der Waals surface area contributed by atoms with Gasteiger partial charge in [-0.05, 0) is 37.6 Å². The average Bonchev–Trinajstić information content (AvgIpc) is 3.24. The minimum Gasteiger partial charge on any atom is -0.488 e. The second-order valence-corrected chi connectivity index (χ2v) is 8.07. The number of ether oxygens (including phenoxy) is 2. The molecule has 0 radical (unpaired) electrons. The Balaban J connectivity index is 1.41. The summed E-state index contributed by atoms with van der Waals surface area (Å²) in [5, 5.41) is 7.55. The summed E-state index contributed by atoms with van der Waals surface area (Å²) >= 11 is 6.04. The van der Waals surface area contributed by atoms with Crippen LogP contribution in [0.5, 0.6) is 5.75 Å². The van der Waals surface area contributed by atoms with E-state index in [0.717, 1.165) is 10.9 Å². The van der Waals surface area contributed by atoms with E-state index in [1.54, 1.807) is 37.4 Å². The molecule has 2 aliphatic rings. The van der Waals surface area contributed by atoms with Crippen molar-refractivity contribution in [3.05, 3.63) is 48.1 Å². The molecule has 158 valence electrons. The van der Waals surface area contributed by atoms with Crippen molar-refractivity contribution in [1.82, 2.24) is 15.6 Å². The number of carbonyl (C=O) groups excluding carboxylic acids is 2. The number of nitrogens with zero attached hydrogens (tertiary/aromatic N) is 1. The van der Waals surface area contributed by atoms with Crippen LogP contribution in [0.3, 0.4) is 0 Å². The molecule has 4 rings (SSSR count). The fourth-order valence-corrected chi connectivity index (χ4v) is 4.11. The molecule has 0 spiro atoms. The van der Waals surface area contributed by atoms with Gasteiger partial charge in [0.15, 0.2) is 0 Å². The van der Waals surface area contributed by atoms with Crippen LogP contribution >= 0.6 is 11.6 Å². The predicted octanol–water partition coefficient (Wildman–Crippen LogP) is 2.62. The number of pyridine rings is 1. The van der Waals surface area contributed by atoms with Gasteiger partial charge in [0.25, 0.3) is 0 Å². The Labute approximate surface area is 179 Å². The fraction of sp³-hybridized carbons (Fsp3) is 0.409. The highest BCUT2D eigenvalue weighted by Gasteiger charge is 2.61. The van der Waals surface area contributed by atoms with Crippen molar-refractivity contribution >= 4 is 34.4 Å². The lowest BCUT2D eigenvalue weighted by Crippen LogP contribution is -2.51. The summed E-state index contributed by atoms with van der Waals surface area (Å²) in [5.74, 6) is -0.0498. The normalized spacial score (nSPS) is 27.5. The van der Waals surface area contributed by atoms with Crippen LogP contribution in [0.4, 0.5) is 0 Å². The molecule has 1 aliphatic carbocycles. The molecule has 1 saturated heterocycles.